The zero-order valence-electron chi connectivity index (χ0n) is 16.5. The van der Waals surface area contributed by atoms with Crippen LogP contribution in [0.5, 0.6) is 11.5 Å². The van der Waals surface area contributed by atoms with Crippen LogP contribution in [0.15, 0.2) is 46.3 Å². The molecule has 3 aromatic rings. The molecule has 1 aromatic heterocycles. The number of thiazole rings is 1. The Kier molecular flexibility index (Phi) is 6.80. The molecule has 148 valence electrons. The molecule has 0 aliphatic carbocycles. The van der Waals surface area contributed by atoms with Gasteiger partial charge in [-0.2, -0.15) is 4.99 Å². The molecule has 0 atom stereocenters. The highest BCUT2D eigenvalue weighted by Gasteiger charge is 2.12. The predicted octanol–water partition coefficient (Wildman–Crippen LogP) is 4.57. The molecule has 1 heterocycles. The fourth-order valence-electron chi connectivity index (χ4n) is 2.87. The van der Waals surface area contributed by atoms with E-state index in [2.05, 4.69) is 11.9 Å². The lowest BCUT2D eigenvalue weighted by molar-refractivity contribution is -0.118. The Balaban J connectivity index is 1.64. The second kappa shape index (κ2) is 9.30. The molecule has 0 unspecified atom stereocenters. The highest BCUT2D eigenvalue weighted by molar-refractivity contribution is 7.99. The van der Waals surface area contributed by atoms with Gasteiger partial charge >= 0.3 is 0 Å². The van der Waals surface area contributed by atoms with Gasteiger partial charge in [-0.3, -0.25) is 4.79 Å². The van der Waals surface area contributed by atoms with Crippen LogP contribution in [-0.4, -0.2) is 30.4 Å². The minimum absolute atomic E-state index is 0.0888. The van der Waals surface area contributed by atoms with Gasteiger partial charge in [0.1, 0.15) is 17.0 Å². The molecule has 0 radical (unpaired) electrons. The predicted molar refractivity (Wildman–Crippen MR) is 116 cm³/mol. The third kappa shape index (κ3) is 4.59. The number of nitrogens with zero attached hydrogens (tertiary/aromatic N) is 2. The number of hydrogen-bond donors (Lipinski definition) is 0. The summed E-state index contributed by atoms with van der Waals surface area (Å²) >= 11 is 3.26. The first-order chi connectivity index (χ1) is 13.5. The van der Waals surface area contributed by atoms with Crippen molar-refractivity contribution in [2.24, 2.45) is 12.0 Å². The van der Waals surface area contributed by atoms with E-state index in [-0.39, 0.29) is 5.91 Å². The van der Waals surface area contributed by atoms with Crippen molar-refractivity contribution < 1.29 is 14.3 Å². The maximum absolute atomic E-state index is 12.3. The molecule has 1 amide bonds. The van der Waals surface area contributed by atoms with Crippen molar-refractivity contribution in [1.29, 1.82) is 0 Å². The molecule has 0 aliphatic heterocycles. The van der Waals surface area contributed by atoms with E-state index in [1.165, 1.54) is 16.2 Å². The van der Waals surface area contributed by atoms with Gasteiger partial charge in [-0.25, -0.2) is 0 Å². The number of methoxy groups -OCH3 is 2. The number of aryl methyl sites for hydroxylation is 2. The zero-order chi connectivity index (χ0) is 20.1. The summed E-state index contributed by atoms with van der Waals surface area (Å²) in [4.78, 5) is 18.6. The molecule has 0 saturated heterocycles. The van der Waals surface area contributed by atoms with Gasteiger partial charge in [-0.15, -0.1) is 11.8 Å². The van der Waals surface area contributed by atoms with Crippen molar-refractivity contribution in [3.63, 3.8) is 0 Å². The smallest absolute Gasteiger partial charge is 0.248 e. The molecule has 0 aliphatic rings. The van der Waals surface area contributed by atoms with Crippen molar-refractivity contribution in [2.75, 3.05) is 20.0 Å². The van der Waals surface area contributed by atoms with Crippen molar-refractivity contribution in [1.82, 2.24) is 4.57 Å². The highest BCUT2D eigenvalue weighted by Crippen LogP contribution is 2.29. The summed E-state index contributed by atoms with van der Waals surface area (Å²) in [5.41, 5.74) is 2.13. The molecule has 0 fully saturated rings. The van der Waals surface area contributed by atoms with E-state index in [4.69, 9.17) is 9.47 Å². The monoisotopic (exact) mass is 416 g/mol. The number of ether oxygens (including phenoxy) is 2. The maximum atomic E-state index is 12.3. The number of benzene rings is 2. The molecule has 0 saturated carbocycles. The van der Waals surface area contributed by atoms with E-state index in [1.54, 1.807) is 26.0 Å². The van der Waals surface area contributed by atoms with E-state index in [0.29, 0.717) is 11.2 Å². The number of fused-ring (bicyclic) bond motifs is 1. The average Bonchev–Trinajstić information content (AvgIpc) is 3.03. The number of rotatable bonds is 7. The Morgan fingerprint density at radius 3 is 2.57 bits per heavy atom. The first kappa shape index (κ1) is 20.5. The van der Waals surface area contributed by atoms with Crippen LogP contribution in [0.4, 0.5) is 0 Å². The number of amides is 1. The van der Waals surface area contributed by atoms with Crippen molar-refractivity contribution in [3.8, 4) is 11.5 Å². The first-order valence-electron chi connectivity index (χ1n) is 9.01. The van der Waals surface area contributed by atoms with Gasteiger partial charge in [0, 0.05) is 18.4 Å². The van der Waals surface area contributed by atoms with E-state index < -0.39 is 0 Å². The van der Waals surface area contributed by atoms with Crippen LogP contribution in [0, 0.1) is 6.92 Å². The van der Waals surface area contributed by atoms with E-state index in [0.717, 1.165) is 39.5 Å². The Hall–Kier alpha value is -2.25. The summed E-state index contributed by atoms with van der Waals surface area (Å²) in [7, 11) is 5.24. The third-order valence-electron chi connectivity index (χ3n) is 4.41. The van der Waals surface area contributed by atoms with Gasteiger partial charge < -0.3 is 14.0 Å². The van der Waals surface area contributed by atoms with Crippen LogP contribution in [0.25, 0.3) is 10.2 Å². The minimum Gasteiger partial charge on any atom is -0.497 e. The fourth-order valence-corrected chi connectivity index (χ4v) is 4.84. The topological polar surface area (TPSA) is 52.8 Å². The Bertz CT molecular complexity index is 1040. The summed E-state index contributed by atoms with van der Waals surface area (Å²) < 4.78 is 13.7. The highest BCUT2D eigenvalue weighted by atomic mass is 32.2. The van der Waals surface area contributed by atoms with Gasteiger partial charge in [0.15, 0.2) is 4.80 Å². The molecule has 0 bridgehead atoms. The Labute approximate surface area is 173 Å². The molecule has 7 heteroatoms. The number of carbonyl (C=O) groups excluding carboxylic acids is 1. The number of thioether (sulfide) groups is 1. The van der Waals surface area contributed by atoms with Crippen LogP contribution in [0.1, 0.15) is 18.4 Å². The van der Waals surface area contributed by atoms with Crippen molar-refractivity contribution in [3.05, 3.63) is 46.8 Å². The number of carbonyl (C=O) groups is 1. The fraction of sp³-hybridized carbons (Fsp3) is 0.333. The quantitative estimate of drug-likeness (QED) is 0.418. The molecular formula is C21H24N2O3S2. The molecule has 3 rings (SSSR count). The van der Waals surface area contributed by atoms with Crippen molar-refractivity contribution in [2.45, 2.75) is 24.7 Å². The van der Waals surface area contributed by atoms with Crippen LogP contribution in [0.2, 0.25) is 0 Å². The minimum atomic E-state index is -0.0888. The van der Waals surface area contributed by atoms with Gasteiger partial charge in [0.05, 0.1) is 18.9 Å². The lowest BCUT2D eigenvalue weighted by Crippen LogP contribution is -2.13. The molecule has 5 nitrogen and oxygen atoms in total. The molecule has 0 spiro atoms. The van der Waals surface area contributed by atoms with Gasteiger partial charge in [-0.1, -0.05) is 17.4 Å². The van der Waals surface area contributed by atoms with Crippen LogP contribution >= 0.6 is 23.1 Å². The number of hydrogen-bond acceptors (Lipinski definition) is 5. The van der Waals surface area contributed by atoms with Crippen molar-refractivity contribution >= 4 is 39.2 Å². The van der Waals surface area contributed by atoms with E-state index in [1.807, 2.05) is 48.0 Å². The summed E-state index contributed by atoms with van der Waals surface area (Å²) in [6.07, 6.45) is 1.23. The Morgan fingerprint density at radius 1 is 1.14 bits per heavy atom. The van der Waals surface area contributed by atoms with E-state index >= 15 is 0 Å². The standard InChI is InChI=1S/C21H24N2O3S2/c1-14-7-12-17(26-4)19-20(14)28-21(23(19)2)22-18(24)6-5-13-27-16-10-8-15(25-3)9-11-16/h7-12H,5-6,13H2,1-4H3. The molecule has 28 heavy (non-hydrogen) atoms. The third-order valence-corrected chi connectivity index (χ3v) is 6.78. The summed E-state index contributed by atoms with van der Waals surface area (Å²) in [5.74, 6) is 2.43. The van der Waals surface area contributed by atoms with Crippen LogP contribution in [-0.2, 0) is 11.8 Å². The maximum Gasteiger partial charge on any atom is 0.248 e. The SMILES string of the molecule is COc1ccc(SCCCC(=O)N=c2sc3c(C)ccc(OC)c3n2C)cc1. The molecule has 2 aromatic carbocycles. The lowest BCUT2D eigenvalue weighted by atomic mass is 10.2. The van der Waals surface area contributed by atoms with Crippen LogP contribution in [0.3, 0.4) is 0 Å². The summed E-state index contributed by atoms with van der Waals surface area (Å²) in [6.45, 7) is 2.06. The van der Waals surface area contributed by atoms with Gasteiger partial charge in [0.2, 0.25) is 5.91 Å². The lowest BCUT2D eigenvalue weighted by Gasteiger charge is -2.05. The van der Waals surface area contributed by atoms with Gasteiger partial charge in [-0.05, 0) is 55.0 Å². The van der Waals surface area contributed by atoms with E-state index in [9.17, 15) is 4.79 Å². The summed E-state index contributed by atoms with van der Waals surface area (Å²) in [5, 5.41) is 0. The molecular weight excluding hydrogens is 392 g/mol. The average molecular weight is 417 g/mol. The first-order valence-corrected chi connectivity index (χ1v) is 10.8. The van der Waals surface area contributed by atoms with Gasteiger partial charge in [0.25, 0.3) is 0 Å². The zero-order valence-corrected chi connectivity index (χ0v) is 18.2. The Morgan fingerprint density at radius 2 is 1.89 bits per heavy atom. The second-order valence-corrected chi connectivity index (χ2v) is 8.49. The normalized spacial score (nSPS) is 11.8. The number of aromatic nitrogens is 1. The van der Waals surface area contributed by atoms with Crippen LogP contribution < -0.4 is 14.3 Å². The summed E-state index contributed by atoms with van der Waals surface area (Å²) in [6, 6.07) is 11.9. The largest absolute Gasteiger partial charge is 0.497 e. The second-order valence-electron chi connectivity index (χ2n) is 6.34. The molecule has 0 N–H and O–H groups in total.